The lowest BCUT2D eigenvalue weighted by Crippen LogP contribution is -2.08. The quantitative estimate of drug-likeness (QED) is 0.422. The number of rotatable bonds is 10. The second kappa shape index (κ2) is 10.1. The fourth-order valence-corrected chi connectivity index (χ4v) is 6.15. The van der Waals surface area contributed by atoms with Gasteiger partial charge in [-0.25, -0.2) is 4.98 Å². The molecule has 0 amide bonds. The number of halogens is 1. The SMILES string of the molecule is CCCS[P@@](=S)(OCC)OCc1cc(OC(C)C)nc(Cl)n1. The van der Waals surface area contributed by atoms with Crippen molar-refractivity contribution in [3.05, 3.63) is 17.0 Å². The monoisotopic (exact) mass is 384 g/mol. The molecule has 0 aliphatic carbocycles. The van der Waals surface area contributed by atoms with E-state index >= 15 is 0 Å². The Kier molecular flexibility index (Phi) is 9.21. The molecule has 1 aromatic rings. The van der Waals surface area contributed by atoms with Crippen molar-refractivity contribution in [3.63, 3.8) is 0 Å². The molecule has 0 N–H and O–H groups in total. The van der Waals surface area contributed by atoms with E-state index in [1.165, 1.54) is 0 Å². The first kappa shape index (κ1) is 20.1. The van der Waals surface area contributed by atoms with E-state index in [2.05, 4.69) is 16.9 Å². The van der Waals surface area contributed by atoms with Crippen molar-refractivity contribution in [1.29, 1.82) is 0 Å². The van der Waals surface area contributed by atoms with Crippen molar-refractivity contribution in [2.45, 2.75) is 46.8 Å². The molecule has 9 heteroatoms. The first-order valence-corrected chi connectivity index (χ1v) is 11.7. The fourth-order valence-electron chi connectivity index (χ4n) is 1.44. The zero-order valence-electron chi connectivity index (χ0n) is 13.2. The highest BCUT2D eigenvalue weighted by Gasteiger charge is 2.20. The summed E-state index contributed by atoms with van der Waals surface area (Å²) in [7, 11) is 0. The highest BCUT2D eigenvalue weighted by Crippen LogP contribution is 2.61. The topological polar surface area (TPSA) is 53.5 Å². The van der Waals surface area contributed by atoms with Crippen LogP contribution in [0, 0.1) is 0 Å². The third kappa shape index (κ3) is 7.57. The Morgan fingerprint density at radius 3 is 2.64 bits per heavy atom. The zero-order valence-corrected chi connectivity index (χ0v) is 16.5. The van der Waals surface area contributed by atoms with Crippen LogP contribution in [-0.4, -0.2) is 28.4 Å². The average Bonchev–Trinajstić information content (AvgIpc) is 2.42. The zero-order chi connectivity index (χ0) is 16.6. The Labute approximate surface area is 146 Å². The molecule has 5 nitrogen and oxygen atoms in total. The molecule has 0 bridgehead atoms. The molecule has 1 aromatic heterocycles. The largest absolute Gasteiger partial charge is 0.475 e. The van der Waals surface area contributed by atoms with Crippen LogP contribution < -0.4 is 4.74 Å². The highest BCUT2D eigenvalue weighted by molar-refractivity contribution is 8.67. The van der Waals surface area contributed by atoms with Crippen molar-refractivity contribution >= 4 is 40.5 Å². The van der Waals surface area contributed by atoms with Gasteiger partial charge in [-0.05, 0) is 50.6 Å². The summed E-state index contributed by atoms with van der Waals surface area (Å²) in [6, 6.07) is 1.71. The lowest BCUT2D eigenvalue weighted by Gasteiger charge is -2.20. The van der Waals surface area contributed by atoms with Crippen LogP contribution in [0.2, 0.25) is 5.28 Å². The molecule has 0 aromatic carbocycles. The summed E-state index contributed by atoms with van der Waals surface area (Å²) in [6.45, 7) is 8.60. The Morgan fingerprint density at radius 2 is 2.05 bits per heavy atom. The van der Waals surface area contributed by atoms with Crippen LogP contribution in [-0.2, 0) is 27.5 Å². The van der Waals surface area contributed by atoms with Gasteiger partial charge in [0.15, 0.2) is 0 Å². The molecule has 22 heavy (non-hydrogen) atoms. The number of aromatic nitrogens is 2. The first-order chi connectivity index (χ1) is 10.4. The number of hydrogen-bond donors (Lipinski definition) is 0. The van der Waals surface area contributed by atoms with Gasteiger partial charge in [-0.2, -0.15) is 4.98 Å². The van der Waals surface area contributed by atoms with Crippen LogP contribution in [0.3, 0.4) is 0 Å². The van der Waals surface area contributed by atoms with E-state index in [4.69, 9.17) is 37.2 Å². The summed E-state index contributed by atoms with van der Waals surface area (Å²) in [5.41, 5.74) is -1.73. The van der Waals surface area contributed by atoms with Gasteiger partial charge in [0.2, 0.25) is 16.9 Å². The minimum Gasteiger partial charge on any atom is -0.475 e. The Morgan fingerprint density at radius 1 is 1.32 bits per heavy atom. The van der Waals surface area contributed by atoms with E-state index in [0.29, 0.717) is 18.2 Å². The second-order valence-corrected chi connectivity index (χ2v) is 11.4. The number of hydrogen-bond acceptors (Lipinski definition) is 7. The van der Waals surface area contributed by atoms with E-state index in [-0.39, 0.29) is 18.0 Å². The third-order valence-corrected chi connectivity index (χ3v) is 8.00. The Hall–Kier alpha value is 0.0900. The average molecular weight is 385 g/mol. The van der Waals surface area contributed by atoms with Crippen molar-refractivity contribution in [2.24, 2.45) is 0 Å². The summed E-state index contributed by atoms with van der Waals surface area (Å²) in [4.78, 5) is 8.17. The summed E-state index contributed by atoms with van der Waals surface area (Å²) >= 11 is 13.0. The molecule has 1 atom stereocenters. The minimum atomic E-state index is -2.35. The van der Waals surface area contributed by atoms with Gasteiger partial charge in [0.05, 0.1) is 25.0 Å². The molecule has 0 saturated heterocycles. The maximum absolute atomic E-state index is 5.92. The fraction of sp³-hybridized carbons (Fsp3) is 0.692. The van der Waals surface area contributed by atoms with E-state index in [9.17, 15) is 0 Å². The predicted molar refractivity (Wildman–Crippen MR) is 96.3 cm³/mol. The van der Waals surface area contributed by atoms with E-state index in [0.717, 1.165) is 12.2 Å². The van der Waals surface area contributed by atoms with Gasteiger partial charge in [-0.1, -0.05) is 18.3 Å². The van der Waals surface area contributed by atoms with Gasteiger partial charge in [-0.15, -0.1) is 0 Å². The van der Waals surface area contributed by atoms with Gasteiger partial charge in [0.25, 0.3) is 0 Å². The smallest absolute Gasteiger partial charge is 0.247 e. The lowest BCUT2D eigenvalue weighted by atomic mass is 10.4. The van der Waals surface area contributed by atoms with E-state index in [1.54, 1.807) is 17.4 Å². The predicted octanol–water partition coefficient (Wildman–Crippen LogP) is 4.84. The molecule has 126 valence electrons. The Balaban J connectivity index is 2.76. The molecular formula is C13H22ClN2O3PS2. The maximum Gasteiger partial charge on any atom is 0.247 e. The van der Waals surface area contributed by atoms with Crippen molar-refractivity contribution < 1.29 is 13.8 Å². The van der Waals surface area contributed by atoms with Crippen molar-refractivity contribution in [2.75, 3.05) is 12.4 Å². The second-order valence-electron chi connectivity index (χ2n) is 4.60. The normalized spacial score (nSPS) is 14.1. The number of nitrogens with zero attached hydrogens (tertiary/aromatic N) is 2. The molecule has 0 unspecified atom stereocenters. The van der Waals surface area contributed by atoms with E-state index in [1.807, 2.05) is 20.8 Å². The molecule has 0 aliphatic heterocycles. The van der Waals surface area contributed by atoms with Gasteiger partial charge >= 0.3 is 0 Å². The third-order valence-electron chi connectivity index (χ3n) is 2.20. The van der Waals surface area contributed by atoms with E-state index < -0.39 is 5.69 Å². The van der Waals surface area contributed by atoms with Crippen LogP contribution in [0.4, 0.5) is 0 Å². The van der Waals surface area contributed by atoms with Gasteiger partial charge in [-0.3, -0.25) is 0 Å². The molecule has 0 saturated carbocycles. The van der Waals surface area contributed by atoms with Crippen molar-refractivity contribution in [1.82, 2.24) is 9.97 Å². The standard InChI is InChI=1S/C13H22ClN2O3PS2/c1-5-7-22-20(21,17-6-2)18-9-11-8-12(19-10(3)4)16-13(14)15-11/h8,10H,5-7,9H2,1-4H3/t20-/m0/s1. The summed E-state index contributed by atoms with van der Waals surface area (Å²) in [6.07, 6.45) is 1.03. The molecule has 0 fully saturated rings. The molecule has 0 aliphatic rings. The van der Waals surface area contributed by atoms with Gasteiger partial charge in [0.1, 0.15) is 0 Å². The van der Waals surface area contributed by atoms with Crippen LogP contribution >= 0.6 is 28.7 Å². The van der Waals surface area contributed by atoms with Crippen LogP contribution in [0.15, 0.2) is 6.07 Å². The van der Waals surface area contributed by atoms with Gasteiger partial charge < -0.3 is 13.8 Å². The van der Waals surface area contributed by atoms with Gasteiger partial charge in [0, 0.05) is 11.8 Å². The molecule has 0 spiro atoms. The summed E-state index contributed by atoms with van der Waals surface area (Å²) < 4.78 is 17.0. The summed E-state index contributed by atoms with van der Waals surface area (Å²) in [5, 5.41) is 0.127. The molecule has 0 radical (unpaired) electrons. The Bertz CT molecular complexity index is 520. The molecule has 1 heterocycles. The summed E-state index contributed by atoms with van der Waals surface area (Å²) in [5.74, 6) is 1.34. The highest BCUT2D eigenvalue weighted by atomic mass is 35.5. The first-order valence-electron chi connectivity index (χ1n) is 7.12. The van der Waals surface area contributed by atoms with Crippen LogP contribution in [0.25, 0.3) is 0 Å². The number of ether oxygens (including phenoxy) is 1. The lowest BCUT2D eigenvalue weighted by molar-refractivity contribution is 0.229. The van der Waals surface area contributed by atoms with Crippen LogP contribution in [0.1, 0.15) is 39.8 Å². The van der Waals surface area contributed by atoms with Crippen molar-refractivity contribution in [3.8, 4) is 5.88 Å². The molecular weight excluding hydrogens is 363 g/mol. The maximum atomic E-state index is 5.92. The van der Waals surface area contributed by atoms with Crippen LogP contribution in [0.5, 0.6) is 5.88 Å². The minimum absolute atomic E-state index is 0.00816. The molecule has 1 rings (SSSR count).